The van der Waals surface area contributed by atoms with Gasteiger partial charge in [-0.3, -0.25) is 4.98 Å². The maximum absolute atomic E-state index is 12.8. The molecule has 2 aromatic rings. The second kappa shape index (κ2) is 6.97. The van der Waals surface area contributed by atoms with Crippen LogP contribution in [-0.4, -0.2) is 18.1 Å². The molecule has 2 rings (SSSR count). The van der Waals surface area contributed by atoms with Crippen molar-refractivity contribution < 1.29 is 9.13 Å². The summed E-state index contributed by atoms with van der Waals surface area (Å²) in [6, 6.07) is 12.0. The van der Waals surface area contributed by atoms with E-state index in [1.807, 2.05) is 18.2 Å². The van der Waals surface area contributed by atoms with Crippen LogP contribution in [0.25, 0.3) is 0 Å². The molecule has 0 bridgehead atoms. The van der Waals surface area contributed by atoms with Gasteiger partial charge in [-0.2, -0.15) is 0 Å². The van der Waals surface area contributed by atoms with Gasteiger partial charge in [-0.05, 0) is 29.8 Å². The van der Waals surface area contributed by atoms with E-state index in [9.17, 15) is 4.39 Å². The third-order valence-electron chi connectivity index (χ3n) is 2.86. The van der Waals surface area contributed by atoms with Gasteiger partial charge < -0.3 is 10.5 Å². The third kappa shape index (κ3) is 4.12. The molecule has 0 radical (unpaired) electrons. The highest BCUT2D eigenvalue weighted by Gasteiger charge is 2.10. The van der Waals surface area contributed by atoms with Gasteiger partial charge in [0.25, 0.3) is 0 Å². The van der Waals surface area contributed by atoms with Crippen molar-refractivity contribution >= 4 is 0 Å². The van der Waals surface area contributed by atoms with Crippen LogP contribution in [0.5, 0.6) is 0 Å². The lowest BCUT2D eigenvalue weighted by Gasteiger charge is -2.16. The minimum Gasteiger partial charge on any atom is -0.372 e. The molecule has 19 heavy (non-hydrogen) atoms. The normalized spacial score (nSPS) is 12.3. The van der Waals surface area contributed by atoms with Gasteiger partial charge in [0.15, 0.2) is 0 Å². The topological polar surface area (TPSA) is 48.1 Å². The first kappa shape index (κ1) is 13.6. The number of aromatic nitrogens is 1. The first-order valence-electron chi connectivity index (χ1n) is 6.26. The van der Waals surface area contributed by atoms with E-state index in [0.29, 0.717) is 13.2 Å². The van der Waals surface area contributed by atoms with Crippen molar-refractivity contribution in [2.75, 3.05) is 13.2 Å². The summed E-state index contributed by atoms with van der Waals surface area (Å²) < 4.78 is 18.6. The SMILES string of the molecule is NCC(OCCc1ccccn1)c1ccc(F)cc1. The standard InChI is InChI=1S/C15H17FN2O/c16-13-6-4-12(5-7-13)15(11-17)19-10-8-14-3-1-2-9-18-14/h1-7,9,15H,8,10-11,17H2. The number of halogens is 1. The summed E-state index contributed by atoms with van der Waals surface area (Å²) in [6.45, 7) is 0.907. The van der Waals surface area contributed by atoms with Gasteiger partial charge in [0.2, 0.25) is 0 Å². The smallest absolute Gasteiger partial charge is 0.123 e. The highest BCUT2D eigenvalue weighted by molar-refractivity contribution is 5.19. The van der Waals surface area contributed by atoms with E-state index in [-0.39, 0.29) is 11.9 Å². The Morgan fingerprint density at radius 1 is 1.16 bits per heavy atom. The van der Waals surface area contributed by atoms with Gasteiger partial charge in [0, 0.05) is 24.9 Å². The number of hydrogen-bond acceptors (Lipinski definition) is 3. The van der Waals surface area contributed by atoms with E-state index in [2.05, 4.69) is 4.98 Å². The van der Waals surface area contributed by atoms with Crippen molar-refractivity contribution in [3.63, 3.8) is 0 Å². The molecule has 3 nitrogen and oxygen atoms in total. The van der Waals surface area contributed by atoms with Crippen LogP contribution in [0.4, 0.5) is 4.39 Å². The first-order chi connectivity index (χ1) is 9.29. The minimum atomic E-state index is -0.256. The Bertz CT molecular complexity index is 487. The number of ether oxygens (including phenoxy) is 1. The van der Waals surface area contributed by atoms with Crippen LogP contribution in [0.2, 0.25) is 0 Å². The molecule has 0 saturated carbocycles. The summed E-state index contributed by atoms with van der Waals surface area (Å²) in [6.07, 6.45) is 2.29. The molecule has 1 aromatic carbocycles. The van der Waals surface area contributed by atoms with Crippen LogP contribution in [-0.2, 0) is 11.2 Å². The van der Waals surface area contributed by atoms with Gasteiger partial charge in [-0.1, -0.05) is 18.2 Å². The molecule has 100 valence electrons. The Hall–Kier alpha value is -1.78. The first-order valence-corrected chi connectivity index (χ1v) is 6.26. The number of benzene rings is 1. The summed E-state index contributed by atoms with van der Waals surface area (Å²) in [7, 11) is 0. The fourth-order valence-electron chi connectivity index (χ4n) is 1.83. The van der Waals surface area contributed by atoms with E-state index < -0.39 is 0 Å². The summed E-state index contributed by atoms with van der Waals surface area (Å²) in [5, 5.41) is 0. The number of nitrogens with zero attached hydrogens (tertiary/aromatic N) is 1. The van der Waals surface area contributed by atoms with Crippen LogP contribution >= 0.6 is 0 Å². The fraction of sp³-hybridized carbons (Fsp3) is 0.267. The van der Waals surface area contributed by atoms with Crippen molar-refractivity contribution in [1.29, 1.82) is 0 Å². The average Bonchev–Trinajstić information content (AvgIpc) is 2.46. The van der Waals surface area contributed by atoms with E-state index >= 15 is 0 Å². The monoisotopic (exact) mass is 260 g/mol. The van der Waals surface area contributed by atoms with Crippen molar-refractivity contribution in [2.24, 2.45) is 5.73 Å². The van der Waals surface area contributed by atoms with Gasteiger partial charge in [0.1, 0.15) is 5.82 Å². The zero-order valence-electron chi connectivity index (χ0n) is 10.6. The summed E-state index contributed by atoms with van der Waals surface area (Å²) >= 11 is 0. The van der Waals surface area contributed by atoms with E-state index in [0.717, 1.165) is 17.7 Å². The van der Waals surface area contributed by atoms with Crippen LogP contribution in [0.3, 0.4) is 0 Å². The molecule has 1 heterocycles. The maximum atomic E-state index is 12.8. The largest absolute Gasteiger partial charge is 0.372 e. The van der Waals surface area contributed by atoms with Crippen LogP contribution in [0.1, 0.15) is 17.4 Å². The second-order valence-corrected chi connectivity index (χ2v) is 4.22. The number of rotatable bonds is 6. The predicted molar refractivity (Wildman–Crippen MR) is 72.1 cm³/mol. The minimum absolute atomic E-state index is 0.204. The van der Waals surface area contributed by atoms with Gasteiger partial charge >= 0.3 is 0 Å². The van der Waals surface area contributed by atoms with Crippen LogP contribution in [0.15, 0.2) is 48.7 Å². The van der Waals surface area contributed by atoms with Crippen LogP contribution in [0, 0.1) is 5.82 Å². The highest BCUT2D eigenvalue weighted by atomic mass is 19.1. The molecule has 0 saturated heterocycles. The number of pyridine rings is 1. The Labute approximate surface area is 112 Å². The lowest BCUT2D eigenvalue weighted by Crippen LogP contribution is -2.17. The van der Waals surface area contributed by atoms with Crippen molar-refractivity contribution in [2.45, 2.75) is 12.5 Å². The molecule has 2 N–H and O–H groups in total. The zero-order chi connectivity index (χ0) is 13.5. The Morgan fingerprint density at radius 3 is 2.58 bits per heavy atom. The third-order valence-corrected chi connectivity index (χ3v) is 2.86. The molecule has 1 aromatic heterocycles. The van der Waals surface area contributed by atoms with E-state index in [4.69, 9.17) is 10.5 Å². The molecule has 4 heteroatoms. The molecular weight excluding hydrogens is 243 g/mol. The molecule has 1 unspecified atom stereocenters. The molecule has 0 aliphatic rings. The Kier molecular flexibility index (Phi) is 5.01. The second-order valence-electron chi connectivity index (χ2n) is 4.22. The van der Waals surface area contributed by atoms with Crippen molar-refractivity contribution in [3.8, 4) is 0 Å². The van der Waals surface area contributed by atoms with Gasteiger partial charge in [0.05, 0.1) is 12.7 Å². The summed E-state index contributed by atoms with van der Waals surface area (Å²) in [5.74, 6) is -0.256. The quantitative estimate of drug-likeness (QED) is 0.868. The molecule has 0 aliphatic carbocycles. The van der Waals surface area contributed by atoms with Crippen LogP contribution < -0.4 is 5.73 Å². The molecule has 0 aliphatic heterocycles. The van der Waals surface area contributed by atoms with E-state index in [1.54, 1.807) is 18.3 Å². The average molecular weight is 260 g/mol. The number of hydrogen-bond donors (Lipinski definition) is 1. The lowest BCUT2D eigenvalue weighted by atomic mass is 10.1. The molecule has 0 spiro atoms. The van der Waals surface area contributed by atoms with Gasteiger partial charge in [-0.25, -0.2) is 4.39 Å². The Balaban J connectivity index is 1.87. The van der Waals surface area contributed by atoms with E-state index in [1.165, 1.54) is 12.1 Å². The fourth-order valence-corrected chi connectivity index (χ4v) is 1.83. The molecule has 1 atom stereocenters. The van der Waals surface area contributed by atoms with Gasteiger partial charge in [-0.15, -0.1) is 0 Å². The zero-order valence-corrected chi connectivity index (χ0v) is 10.6. The molecular formula is C15H17FN2O. The molecule has 0 fully saturated rings. The van der Waals surface area contributed by atoms with Crippen molar-refractivity contribution in [3.05, 3.63) is 65.7 Å². The lowest BCUT2D eigenvalue weighted by molar-refractivity contribution is 0.0604. The summed E-state index contributed by atoms with van der Waals surface area (Å²) in [5.41, 5.74) is 7.57. The predicted octanol–water partition coefficient (Wildman–Crippen LogP) is 2.48. The maximum Gasteiger partial charge on any atom is 0.123 e. The summed E-state index contributed by atoms with van der Waals surface area (Å²) in [4.78, 5) is 4.22. The Morgan fingerprint density at radius 2 is 1.95 bits per heavy atom. The number of nitrogens with two attached hydrogens (primary N) is 1. The molecule has 0 amide bonds. The van der Waals surface area contributed by atoms with Crippen molar-refractivity contribution in [1.82, 2.24) is 4.98 Å². The highest BCUT2D eigenvalue weighted by Crippen LogP contribution is 2.16.